The number of likely N-dealkylation sites (N-methyl/N-ethyl adjacent to an activating group) is 1. The second-order valence-corrected chi connectivity index (χ2v) is 13.9. The molecule has 0 N–H and O–H groups in total. The van der Waals surface area contributed by atoms with Crippen molar-refractivity contribution in [2.75, 3.05) is 76.2 Å². The van der Waals surface area contributed by atoms with Crippen LogP contribution >= 0.6 is 11.8 Å². The maximum absolute atomic E-state index is 12.3. The van der Waals surface area contributed by atoms with Crippen molar-refractivity contribution in [2.45, 2.75) is 72.3 Å². The molecule has 0 saturated carbocycles. The number of likely N-dealkylation sites (tertiary alicyclic amines) is 1. The van der Waals surface area contributed by atoms with Crippen LogP contribution in [-0.2, 0) is 24.2 Å². The first-order chi connectivity index (χ1) is 23.7. The number of benzene rings is 2. The Kier molecular flexibility index (Phi) is 16.6. The van der Waals surface area contributed by atoms with Crippen LogP contribution in [0.4, 0.5) is 11.5 Å². The fourth-order valence-electron chi connectivity index (χ4n) is 6.37. The molecule has 3 aliphatic rings. The first kappa shape index (κ1) is 40.0. The molecule has 1 atom stereocenters. The maximum atomic E-state index is 12.3. The zero-order valence-corrected chi connectivity index (χ0v) is 32.3. The van der Waals surface area contributed by atoms with Gasteiger partial charge in [-0.1, -0.05) is 76.9 Å². The van der Waals surface area contributed by atoms with Gasteiger partial charge in [0.25, 0.3) is 0 Å². The van der Waals surface area contributed by atoms with E-state index in [1.54, 1.807) is 18.9 Å². The molecule has 8 nitrogen and oxygen atoms in total. The van der Waals surface area contributed by atoms with E-state index < -0.39 is 0 Å². The first-order valence-corrected chi connectivity index (χ1v) is 19.6. The smallest absolute Gasteiger partial charge is 0.342 e. The third-order valence-corrected chi connectivity index (χ3v) is 9.26. The van der Waals surface area contributed by atoms with Crippen molar-refractivity contribution >= 4 is 39.9 Å². The normalized spacial score (nSPS) is 18.3. The summed E-state index contributed by atoms with van der Waals surface area (Å²) in [5.74, 6) is 0.854. The van der Waals surface area contributed by atoms with Crippen LogP contribution in [0.2, 0.25) is 0 Å². The van der Waals surface area contributed by atoms with E-state index in [0.29, 0.717) is 25.6 Å². The predicted octanol–water partition coefficient (Wildman–Crippen LogP) is 8.10. The molecule has 268 valence electrons. The zero-order valence-electron chi connectivity index (χ0n) is 31.5. The third kappa shape index (κ3) is 10.8. The molecule has 6 rings (SSSR count). The van der Waals surface area contributed by atoms with Crippen LogP contribution in [0.5, 0.6) is 6.01 Å². The van der Waals surface area contributed by atoms with E-state index in [9.17, 15) is 4.79 Å². The molecule has 0 spiro atoms. The van der Waals surface area contributed by atoms with Gasteiger partial charge < -0.3 is 19.4 Å². The number of carbonyl (C=O) groups excluding carboxylic acids is 1. The van der Waals surface area contributed by atoms with Crippen LogP contribution in [0.3, 0.4) is 0 Å². The molecule has 1 fully saturated rings. The van der Waals surface area contributed by atoms with Gasteiger partial charge in [0.15, 0.2) is 0 Å². The minimum atomic E-state index is -0.0135. The number of carbonyl (C=O) groups is 1. The Labute approximate surface area is 300 Å². The Balaban J connectivity index is 0.000000390. The molecule has 1 amide bonds. The van der Waals surface area contributed by atoms with Gasteiger partial charge >= 0.3 is 11.9 Å². The highest BCUT2D eigenvalue weighted by Crippen LogP contribution is 2.36. The summed E-state index contributed by atoms with van der Waals surface area (Å²) in [5, 5.41) is 2.59. The van der Waals surface area contributed by atoms with Gasteiger partial charge in [-0.25, -0.2) is 9.28 Å². The molecule has 4 heterocycles. The Morgan fingerprint density at radius 1 is 1.02 bits per heavy atom. The Hall–Kier alpha value is -3.40. The van der Waals surface area contributed by atoms with Crippen molar-refractivity contribution in [3.63, 3.8) is 0 Å². The summed E-state index contributed by atoms with van der Waals surface area (Å²) in [6.07, 6.45) is 18.1. The van der Waals surface area contributed by atoms with Crippen molar-refractivity contribution in [1.29, 1.82) is 0 Å². The lowest BCUT2D eigenvalue weighted by atomic mass is 9.98. The Morgan fingerprint density at radius 3 is 2.20 bits per heavy atom. The second-order valence-electron chi connectivity index (χ2n) is 13.1. The number of aryl methyl sites for hydroxylation is 1. The minimum Gasteiger partial charge on any atom is -0.467 e. The molecular weight excluding hydrogens is 629 g/mol. The van der Waals surface area contributed by atoms with Crippen molar-refractivity contribution in [2.24, 2.45) is 0 Å². The highest BCUT2D eigenvalue weighted by Gasteiger charge is 2.33. The fraction of sp³-hybridized carbons (Fsp3) is 0.525. The number of rotatable bonds is 7. The van der Waals surface area contributed by atoms with Gasteiger partial charge in [0.1, 0.15) is 18.6 Å². The van der Waals surface area contributed by atoms with Gasteiger partial charge in [-0.05, 0) is 75.3 Å². The average molecular weight is 690 g/mol. The quantitative estimate of drug-likeness (QED) is 0.182. The van der Waals surface area contributed by atoms with Crippen molar-refractivity contribution < 1.29 is 14.0 Å². The van der Waals surface area contributed by atoms with E-state index in [2.05, 4.69) is 85.5 Å². The highest BCUT2D eigenvalue weighted by molar-refractivity contribution is 7.97. The van der Waals surface area contributed by atoms with E-state index in [1.165, 1.54) is 73.3 Å². The van der Waals surface area contributed by atoms with Gasteiger partial charge in [0.05, 0.1) is 39.1 Å². The lowest BCUT2D eigenvalue weighted by Gasteiger charge is -2.36. The van der Waals surface area contributed by atoms with E-state index >= 15 is 0 Å². The molecule has 0 bridgehead atoms. The van der Waals surface area contributed by atoms with E-state index in [-0.39, 0.29) is 10.4 Å². The number of ether oxygens (including phenoxy) is 1. The van der Waals surface area contributed by atoms with Gasteiger partial charge in [-0.15, -0.1) is 0 Å². The second kappa shape index (κ2) is 20.3. The molecule has 1 aromatic heterocycles. The molecule has 3 aliphatic heterocycles. The van der Waals surface area contributed by atoms with Crippen molar-refractivity contribution in [3.8, 4) is 6.01 Å². The largest absolute Gasteiger partial charge is 0.467 e. The summed E-state index contributed by atoms with van der Waals surface area (Å²) >= 11 is 1.75. The molecule has 9 heteroatoms. The summed E-state index contributed by atoms with van der Waals surface area (Å²) in [4.78, 5) is 28.7. The number of hydrogen-bond acceptors (Lipinski definition) is 8. The highest BCUT2D eigenvalue weighted by atomic mass is 32.2. The van der Waals surface area contributed by atoms with Crippen LogP contribution in [0.15, 0.2) is 61.5 Å². The maximum Gasteiger partial charge on any atom is 0.342 e. The van der Waals surface area contributed by atoms with Crippen LogP contribution < -0.4 is 14.5 Å². The number of quaternary nitrogens is 1. The number of methoxy groups -OCH3 is 1. The summed E-state index contributed by atoms with van der Waals surface area (Å²) in [5.41, 5.74) is 4.74. The third-order valence-electron chi connectivity index (χ3n) is 9.26. The van der Waals surface area contributed by atoms with Crippen molar-refractivity contribution in [1.82, 2.24) is 14.9 Å². The van der Waals surface area contributed by atoms with E-state index in [1.807, 2.05) is 32.0 Å². The van der Waals surface area contributed by atoms with Crippen LogP contribution in [0.1, 0.15) is 69.7 Å². The number of hydrogen-bond donors (Lipinski definition) is 0. The molecule has 0 radical (unpaired) electrons. The van der Waals surface area contributed by atoms with Crippen molar-refractivity contribution in [3.05, 3.63) is 78.3 Å². The Morgan fingerprint density at radius 2 is 1.69 bits per heavy atom. The number of anilines is 2. The number of amides is 1. The standard InChI is InChI=1S/C28H32N5O2.C5H11N.C5H12.C2H6S/c1-5-20-9-7-10-21-11-8-12-24(26(20)21)32-14-13-22-23(19-32)29-28(35-4)30-27(22)31-15-17-33(3,18-16-31)25(34)6-2;1-6-4-2-3-5-6;1-3-5-4-2;1-3-2/h6-12,15,17H,2,5,13-14,16,18-19H2,1,3-4H3;2-5H2,1H3;3-5H2,1-2H3;1-2H3/q+1;;;. The van der Waals surface area contributed by atoms with Gasteiger partial charge in [0, 0.05) is 29.3 Å². The van der Waals surface area contributed by atoms with Crippen LogP contribution in [-0.4, -0.2) is 91.7 Å². The summed E-state index contributed by atoms with van der Waals surface area (Å²) in [6, 6.07) is 13.5. The molecule has 2 aromatic carbocycles. The number of unbranched alkanes of at least 4 members (excludes halogenated alkanes) is 2. The van der Waals surface area contributed by atoms with Gasteiger partial charge in [0.2, 0.25) is 0 Å². The predicted molar refractivity (Wildman–Crippen MR) is 211 cm³/mol. The number of thioether (sulfide) groups is 1. The topological polar surface area (TPSA) is 61.8 Å². The molecule has 3 aromatic rings. The van der Waals surface area contributed by atoms with Crippen LogP contribution in [0, 0.1) is 0 Å². The molecule has 1 saturated heterocycles. The summed E-state index contributed by atoms with van der Waals surface area (Å²) < 4.78 is 5.70. The fourth-order valence-corrected chi connectivity index (χ4v) is 6.37. The number of aromatic nitrogens is 2. The number of fused-ring (bicyclic) bond motifs is 2. The summed E-state index contributed by atoms with van der Waals surface area (Å²) in [7, 11) is 5.68. The van der Waals surface area contributed by atoms with Gasteiger partial charge in [-0.3, -0.25) is 0 Å². The van der Waals surface area contributed by atoms with E-state index in [0.717, 1.165) is 36.5 Å². The molecule has 49 heavy (non-hydrogen) atoms. The molecule has 0 aliphatic carbocycles. The molecular formula is C40H61N6O2S+. The van der Waals surface area contributed by atoms with Crippen LogP contribution in [0.25, 0.3) is 10.8 Å². The Bertz CT molecular complexity index is 1510. The monoisotopic (exact) mass is 689 g/mol. The average Bonchev–Trinajstić information content (AvgIpc) is 3.62. The number of nitrogens with zero attached hydrogens (tertiary/aromatic N) is 6. The van der Waals surface area contributed by atoms with Gasteiger partial charge in [-0.2, -0.15) is 21.7 Å². The first-order valence-electron chi connectivity index (χ1n) is 18.0. The molecule has 1 unspecified atom stereocenters. The summed E-state index contributed by atoms with van der Waals surface area (Å²) in [6.45, 7) is 15.8. The minimum absolute atomic E-state index is 0.0135. The lowest BCUT2D eigenvalue weighted by molar-refractivity contribution is -0.779. The lowest BCUT2D eigenvalue weighted by Crippen LogP contribution is -2.51. The SMILES string of the molecule is C=CC(=O)[N+]1(C)C=CN(c2nc(OC)nc3c2CCN(c2cccc4cccc(CC)c24)C3)CC1.CCCCC.CN1CCCC1.CSC. The van der Waals surface area contributed by atoms with E-state index in [4.69, 9.17) is 14.7 Å². The zero-order chi connectivity index (χ0) is 35.8.